The summed E-state index contributed by atoms with van der Waals surface area (Å²) in [4.78, 5) is 21.1. The molecule has 0 radical (unpaired) electrons. The van der Waals surface area contributed by atoms with Gasteiger partial charge in [0.2, 0.25) is 0 Å². The minimum atomic E-state index is 0.182. The molecule has 1 aromatic heterocycles. The van der Waals surface area contributed by atoms with Gasteiger partial charge < -0.3 is 9.88 Å². The van der Waals surface area contributed by atoms with Gasteiger partial charge in [-0.1, -0.05) is 13.8 Å². The lowest BCUT2D eigenvalue weighted by Gasteiger charge is -2.34. The molecule has 2 fully saturated rings. The Bertz CT molecular complexity index is 746. The largest absolute Gasteiger partial charge is 0.361 e. The van der Waals surface area contributed by atoms with Crippen LogP contribution in [-0.4, -0.2) is 52.9 Å². The van der Waals surface area contributed by atoms with Gasteiger partial charge >= 0.3 is 0 Å². The van der Waals surface area contributed by atoms with Crippen molar-refractivity contribution in [3.63, 3.8) is 0 Å². The highest BCUT2D eigenvalue weighted by atomic mass is 16.2. The summed E-state index contributed by atoms with van der Waals surface area (Å²) < 4.78 is 0. The van der Waals surface area contributed by atoms with E-state index in [1.54, 1.807) is 0 Å². The number of carbonyl (C=O) groups excluding carboxylic acids is 1. The molecule has 4 nitrogen and oxygen atoms in total. The van der Waals surface area contributed by atoms with Crippen molar-refractivity contribution < 1.29 is 4.79 Å². The summed E-state index contributed by atoms with van der Waals surface area (Å²) in [5.41, 5.74) is 1.90. The molecule has 2 heterocycles. The van der Waals surface area contributed by atoms with Gasteiger partial charge in [0, 0.05) is 54.9 Å². The second-order valence-electron chi connectivity index (χ2n) is 8.13. The minimum absolute atomic E-state index is 0.182. The van der Waals surface area contributed by atoms with Crippen LogP contribution in [0.4, 0.5) is 0 Å². The predicted molar refractivity (Wildman–Crippen MR) is 102 cm³/mol. The molecule has 2 aliphatic rings. The third-order valence-corrected chi connectivity index (χ3v) is 5.80. The Balaban J connectivity index is 1.52. The molecule has 2 aromatic rings. The Morgan fingerprint density at radius 3 is 2.84 bits per heavy atom. The van der Waals surface area contributed by atoms with Crippen LogP contribution in [0.15, 0.2) is 30.5 Å². The zero-order chi connectivity index (χ0) is 17.4. The first kappa shape index (κ1) is 16.6. The minimum Gasteiger partial charge on any atom is -0.361 e. The van der Waals surface area contributed by atoms with E-state index in [0.29, 0.717) is 12.0 Å². The lowest BCUT2D eigenvalue weighted by atomic mass is 10.0. The molecule has 1 aromatic carbocycles. The maximum absolute atomic E-state index is 13.1. The molecule has 1 aliphatic carbocycles. The van der Waals surface area contributed by atoms with Crippen molar-refractivity contribution in [2.75, 3.05) is 26.2 Å². The number of nitrogens with zero attached hydrogens (tertiary/aromatic N) is 2. The van der Waals surface area contributed by atoms with Crippen molar-refractivity contribution in [1.82, 2.24) is 14.8 Å². The summed E-state index contributed by atoms with van der Waals surface area (Å²) in [6.45, 7) is 8.66. The van der Waals surface area contributed by atoms with Gasteiger partial charge in [0.25, 0.3) is 5.91 Å². The summed E-state index contributed by atoms with van der Waals surface area (Å²) in [6.07, 6.45) is 5.78. The molecule has 1 saturated heterocycles. The first-order valence-corrected chi connectivity index (χ1v) is 9.72. The number of carbonyl (C=O) groups is 1. The number of rotatable bonds is 4. The summed E-state index contributed by atoms with van der Waals surface area (Å²) in [6, 6.07) is 8.50. The number of nitrogens with one attached hydrogen (secondary N) is 1. The normalized spacial score (nSPS) is 22.5. The molecular weight excluding hydrogens is 310 g/mol. The van der Waals surface area contributed by atoms with E-state index in [9.17, 15) is 4.79 Å². The molecule has 1 saturated carbocycles. The second kappa shape index (κ2) is 6.83. The average Bonchev–Trinajstić information content (AvgIpc) is 3.34. The van der Waals surface area contributed by atoms with Crippen LogP contribution < -0.4 is 0 Å². The zero-order valence-corrected chi connectivity index (χ0v) is 15.4. The molecule has 1 atom stereocenters. The molecule has 134 valence electrons. The number of H-pyrrole nitrogens is 1. The van der Waals surface area contributed by atoms with Crippen LogP contribution in [0.2, 0.25) is 0 Å². The van der Waals surface area contributed by atoms with Gasteiger partial charge in [-0.25, -0.2) is 0 Å². The molecule has 0 bridgehead atoms. The Kier molecular flexibility index (Phi) is 4.55. The van der Waals surface area contributed by atoms with Gasteiger partial charge in [0.1, 0.15) is 0 Å². The molecule has 4 rings (SSSR count). The smallest absolute Gasteiger partial charge is 0.253 e. The SMILES string of the molecule is CC(C)[C@H]1CN(C(=O)c2ccc3[nH]ccc3c2)CCCN1CC1CC1. The monoisotopic (exact) mass is 339 g/mol. The van der Waals surface area contributed by atoms with Crippen molar-refractivity contribution in [1.29, 1.82) is 0 Å². The highest BCUT2D eigenvalue weighted by Crippen LogP contribution is 2.32. The summed E-state index contributed by atoms with van der Waals surface area (Å²) in [7, 11) is 0. The number of hydrogen-bond acceptors (Lipinski definition) is 2. The second-order valence-corrected chi connectivity index (χ2v) is 8.13. The standard InChI is InChI=1S/C21H29N3O/c1-15(2)20-14-24(11-3-10-23(20)13-16-4-5-16)21(25)18-6-7-19-17(12-18)8-9-22-19/h6-9,12,15-16,20,22H,3-5,10-11,13-14H2,1-2H3/t20-/m1/s1. The lowest BCUT2D eigenvalue weighted by molar-refractivity contribution is 0.0704. The summed E-state index contributed by atoms with van der Waals surface area (Å²) >= 11 is 0. The van der Waals surface area contributed by atoms with E-state index >= 15 is 0 Å². The fourth-order valence-electron chi connectivity index (χ4n) is 4.11. The highest BCUT2D eigenvalue weighted by molar-refractivity contribution is 5.98. The maximum atomic E-state index is 13.1. The third kappa shape index (κ3) is 3.59. The first-order valence-electron chi connectivity index (χ1n) is 9.72. The van der Waals surface area contributed by atoms with Crippen molar-refractivity contribution in [2.24, 2.45) is 11.8 Å². The zero-order valence-electron chi connectivity index (χ0n) is 15.4. The number of hydrogen-bond donors (Lipinski definition) is 1. The predicted octanol–water partition coefficient (Wildman–Crippen LogP) is 3.75. The number of aromatic nitrogens is 1. The van der Waals surface area contributed by atoms with E-state index in [-0.39, 0.29) is 5.91 Å². The quantitative estimate of drug-likeness (QED) is 0.921. The van der Waals surface area contributed by atoms with Crippen LogP contribution in [0.25, 0.3) is 10.9 Å². The van der Waals surface area contributed by atoms with Crippen LogP contribution >= 0.6 is 0 Å². The number of benzene rings is 1. The van der Waals surface area contributed by atoms with Crippen molar-refractivity contribution in [3.05, 3.63) is 36.0 Å². The Morgan fingerprint density at radius 1 is 1.24 bits per heavy atom. The van der Waals surface area contributed by atoms with Crippen LogP contribution in [0.3, 0.4) is 0 Å². The topological polar surface area (TPSA) is 39.3 Å². The van der Waals surface area contributed by atoms with Crippen molar-refractivity contribution in [3.8, 4) is 0 Å². The van der Waals surface area contributed by atoms with Gasteiger partial charge in [-0.05, 0) is 55.4 Å². The van der Waals surface area contributed by atoms with E-state index in [2.05, 4.69) is 28.6 Å². The molecule has 0 unspecified atom stereocenters. The number of amides is 1. The Labute approximate surface area is 150 Å². The molecule has 25 heavy (non-hydrogen) atoms. The van der Waals surface area contributed by atoms with Gasteiger partial charge in [-0.3, -0.25) is 9.69 Å². The molecule has 0 spiro atoms. The van der Waals surface area contributed by atoms with Crippen LogP contribution in [0.1, 0.15) is 43.5 Å². The Morgan fingerprint density at radius 2 is 2.08 bits per heavy atom. The lowest BCUT2D eigenvalue weighted by Crippen LogP contribution is -2.46. The van der Waals surface area contributed by atoms with E-state index < -0.39 is 0 Å². The van der Waals surface area contributed by atoms with E-state index in [1.807, 2.05) is 30.5 Å². The van der Waals surface area contributed by atoms with E-state index in [1.165, 1.54) is 19.4 Å². The van der Waals surface area contributed by atoms with Crippen molar-refractivity contribution >= 4 is 16.8 Å². The van der Waals surface area contributed by atoms with Gasteiger partial charge in [-0.2, -0.15) is 0 Å². The van der Waals surface area contributed by atoms with Gasteiger partial charge in [-0.15, -0.1) is 0 Å². The average molecular weight is 339 g/mol. The van der Waals surface area contributed by atoms with Crippen LogP contribution in [-0.2, 0) is 0 Å². The highest BCUT2D eigenvalue weighted by Gasteiger charge is 2.33. The van der Waals surface area contributed by atoms with E-state index in [4.69, 9.17) is 0 Å². The molecular formula is C21H29N3O. The van der Waals surface area contributed by atoms with Gasteiger partial charge in [0.15, 0.2) is 0 Å². The third-order valence-electron chi connectivity index (χ3n) is 5.80. The summed E-state index contributed by atoms with van der Waals surface area (Å²) in [5.74, 6) is 1.65. The first-order chi connectivity index (χ1) is 12.1. The van der Waals surface area contributed by atoms with Crippen molar-refractivity contribution in [2.45, 2.75) is 39.2 Å². The number of fused-ring (bicyclic) bond motifs is 1. The fraction of sp³-hybridized carbons (Fsp3) is 0.571. The molecule has 1 aliphatic heterocycles. The molecule has 1 N–H and O–H groups in total. The van der Waals surface area contributed by atoms with Crippen LogP contribution in [0, 0.1) is 11.8 Å². The summed E-state index contributed by atoms with van der Waals surface area (Å²) in [5, 5.41) is 1.11. The van der Waals surface area contributed by atoms with Gasteiger partial charge in [0.05, 0.1) is 0 Å². The number of aromatic amines is 1. The maximum Gasteiger partial charge on any atom is 0.253 e. The molecule has 1 amide bonds. The van der Waals surface area contributed by atoms with Crippen LogP contribution in [0.5, 0.6) is 0 Å². The molecule has 4 heteroatoms. The van der Waals surface area contributed by atoms with E-state index in [0.717, 1.165) is 48.4 Å². The fourth-order valence-corrected chi connectivity index (χ4v) is 4.11. The Hall–Kier alpha value is -1.81.